The highest BCUT2D eigenvalue weighted by Crippen LogP contribution is 2.25. The molecule has 0 amide bonds. The molecule has 0 atom stereocenters. The van der Waals surface area contributed by atoms with Crippen LogP contribution in [-0.4, -0.2) is 4.98 Å². The molecule has 0 radical (unpaired) electrons. The molecule has 1 aromatic carbocycles. The van der Waals surface area contributed by atoms with E-state index in [4.69, 9.17) is 11.6 Å². The molecule has 1 aromatic heterocycles. The van der Waals surface area contributed by atoms with Crippen molar-refractivity contribution in [3.8, 4) is 0 Å². The Morgan fingerprint density at radius 3 is 2.75 bits per heavy atom. The first-order valence-corrected chi connectivity index (χ1v) is 4.30. The molecule has 62 valence electrons. The molecule has 0 aliphatic carbocycles. The zero-order valence-electron chi connectivity index (χ0n) is 7.11. The van der Waals surface area contributed by atoms with E-state index in [1.165, 1.54) is 10.9 Å². The Morgan fingerprint density at radius 1 is 1.25 bits per heavy atom. The smallest absolute Gasteiger partial charge is 0.110 e. The second kappa shape index (κ2) is 2.53. The van der Waals surface area contributed by atoms with Gasteiger partial charge in [-0.15, -0.1) is 0 Å². The lowest BCUT2D eigenvalue weighted by Gasteiger charge is -1.92. The summed E-state index contributed by atoms with van der Waals surface area (Å²) in [6, 6.07) is 6.28. The van der Waals surface area contributed by atoms with Crippen molar-refractivity contribution in [2.24, 2.45) is 0 Å². The van der Waals surface area contributed by atoms with Crippen molar-refractivity contribution in [3.05, 3.63) is 34.5 Å². The SMILES string of the molecule is Cc1ccc2[nH]c(Cl)c(C)c2c1. The van der Waals surface area contributed by atoms with E-state index >= 15 is 0 Å². The Bertz CT molecular complexity index is 429. The predicted molar refractivity (Wildman–Crippen MR) is 52.8 cm³/mol. The quantitative estimate of drug-likeness (QED) is 0.638. The summed E-state index contributed by atoms with van der Waals surface area (Å²) in [5.74, 6) is 0. The van der Waals surface area contributed by atoms with E-state index in [1.807, 2.05) is 6.92 Å². The molecule has 0 saturated carbocycles. The van der Waals surface area contributed by atoms with E-state index in [0.717, 1.165) is 16.2 Å². The number of hydrogen-bond acceptors (Lipinski definition) is 0. The number of aromatic amines is 1. The summed E-state index contributed by atoms with van der Waals surface area (Å²) < 4.78 is 0. The minimum Gasteiger partial charge on any atom is -0.345 e. The Morgan fingerprint density at radius 2 is 2.00 bits per heavy atom. The van der Waals surface area contributed by atoms with Crippen molar-refractivity contribution in [1.29, 1.82) is 0 Å². The van der Waals surface area contributed by atoms with Gasteiger partial charge in [-0.2, -0.15) is 0 Å². The Balaban J connectivity index is 2.88. The van der Waals surface area contributed by atoms with Gasteiger partial charge in [0.05, 0.1) is 0 Å². The Kier molecular flexibility index (Phi) is 1.62. The van der Waals surface area contributed by atoms with Gasteiger partial charge in [0.15, 0.2) is 0 Å². The summed E-state index contributed by atoms with van der Waals surface area (Å²) in [7, 11) is 0. The monoisotopic (exact) mass is 179 g/mol. The number of rotatable bonds is 0. The fourth-order valence-electron chi connectivity index (χ4n) is 1.41. The van der Waals surface area contributed by atoms with Gasteiger partial charge in [-0.1, -0.05) is 23.2 Å². The number of aromatic nitrogens is 1. The standard InChI is InChI=1S/C10H10ClN/c1-6-3-4-9-8(5-6)7(2)10(11)12-9/h3-5,12H,1-2H3. The minimum absolute atomic E-state index is 0.746. The van der Waals surface area contributed by atoms with Crippen molar-refractivity contribution in [2.45, 2.75) is 13.8 Å². The first kappa shape index (κ1) is 7.69. The number of aryl methyl sites for hydroxylation is 2. The van der Waals surface area contributed by atoms with Gasteiger partial charge >= 0.3 is 0 Å². The molecule has 1 N–H and O–H groups in total. The average molecular weight is 180 g/mol. The van der Waals surface area contributed by atoms with Crippen LogP contribution in [0.15, 0.2) is 18.2 Å². The van der Waals surface area contributed by atoms with E-state index in [1.54, 1.807) is 0 Å². The number of hydrogen-bond donors (Lipinski definition) is 1. The van der Waals surface area contributed by atoms with E-state index < -0.39 is 0 Å². The molecule has 2 aromatic rings. The largest absolute Gasteiger partial charge is 0.345 e. The van der Waals surface area contributed by atoms with Gasteiger partial charge in [-0.3, -0.25) is 0 Å². The summed E-state index contributed by atoms with van der Waals surface area (Å²) in [6.07, 6.45) is 0. The Labute approximate surface area is 76.4 Å². The average Bonchev–Trinajstić information content (AvgIpc) is 2.31. The number of benzene rings is 1. The second-order valence-corrected chi connectivity index (χ2v) is 3.49. The molecule has 0 unspecified atom stereocenters. The molecule has 12 heavy (non-hydrogen) atoms. The van der Waals surface area contributed by atoms with Gasteiger partial charge < -0.3 is 4.98 Å². The van der Waals surface area contributed by atoms with E-state index in [0.29, 0.717) is 0 Å². The Hall–Kier alpha value is -0.950. The summed E-state index contributed by atoms with van der Waals surface area (Å²) in [4.78, 5) is 3.12. The summed E-state index contributed by atoms with van der Waals surface area (Å²) in [5, 5.41) is 1.97. The first-order chi connectivity index (χ1) is 5.68. The third-order valence-electron chi connectivity index (χ3n) is 2.15. The summed E-state index contributed by atoms with van der Waals surface area (Å²) >= 11 is 5.95. The van der Waals surface area contributed by atoms with E-state index in [2.05, 4.69) is 30.1 Å². The van der Waals surface area contributed by atoms with Crippen LogP contribution in [0.1, 0.15) is 11.1 Å². The second-order valence-electron chi connectivity index (χ2n) is 3.11. The third-order valence-corrected chi connectivity index (χ3v) is 2.53. The molecular formula is C10H10ClN. The molecule has 2 heteroatoms. The van der Waals surface area contributed by atoms with Gasteiger partial charge in [0.25, 0.3) is 0 Å². The fraction of sp³-hybridized carbons (Fsp3) is 0.200. The molecule has 1 heterocycles. The third kappa shape index (κ3) is 1.01. The zero-order chi connectivity index (χ0) is 8.72. The first-order valence-electron chi connectivity index (χ1n) is 3.93. The molecule has 0 saturated heterocycles. The van der Waals surface area contributed by atoms with Crippen LogP contribution >= 0.6 is 11.6 Å². The topological polar surface area (TPSA) is 15.8 Å². The number of nitrogens with one attached hydrogen (secondary N) is 1. The van der Waals surface area contributed by atoms with Crippen LogP contribution in [0.3, 0.4) is 0 Å². The van der Waals surface area contributed by atoms with Gasteiger partial charge in [0.1, 0.15) is 5.15 Å². The molecule has 0 fully saturated rings. The molecule has 2 rings (SSSR count). The van der Waals surface area contributed by atoms with Gasteiger partial charge in [0, 0.05) is 10.9 Å². The molecule has 1 nitrogen and oxygen atoms in total. The van der Waals surface area contributed by atoms with Crippen LogP contribution in [0, 0.1) is 13.8 Å². The highest BCUT2D eigenvalue weighted by molar-refractivity contribution is 6.31. The van der Waals surface area contributed by atoms with Crippen molar-refractivity contribution in [3.63, 3.8) is 0 Å². The predicted octanol–water partition coefficient (Wildman–Crippen LogP) is 3.44. The highest BCUT2D eigenvalue weighted by atomic mass is 35.5. The van der Waals surface area contributed by atoms with Crippen molar-refractivity contribution < 1.29 is 0 Å². The van der Waals surface area contributed by atoms with E-state index in [-0.39, 0.29) is 0 Å². The van der Waals surface area contributed by atoms with Crippen LogP contribution in [0.2, 0.25) is 5.15 Å². The van der Waals surface area contributed by atoms with Crippen molar-refractivity contribution in [1.82, 2.24) is 4.98 Å². The maximum absolute atomic E-state index is 5.95. The molecule has 0 aliphatic heterocycles. The molecular weight excluding hydrogens is 170 g/mol. The van der Waals surface area contributed by atoms with Crippen LogP contribution in [-0.2, 0) is 0 Å². The van der Waals surface area contributed by atoms with Crippen molar-refractivity contribution >= 4 is 22.5 Å². The number of fused-ring (bicyclic) bond motifs is 1. The molecule has 0 bridgehead atoms. The van der Waals surface area contributed by atoms with Crippen LogP contribution in [0.5, 0.6) is 0 Å². The zero-order valence-corrected chi connectivity index (χ0v) is 7.87. The minimum atomic E-state index is 0.746. The molecule has 0 aliphatic rings. The van der Waals surface area contributed by atoms with Crippen LogP contribution in [0.25, 0.3) is 10.9 Å². The van der Waals surface area contributed by atoms with Crippen molar-refractivity contribution in [2.75, 3.05) is 0 Å². The maximum atomic E-state index is 5.95. The summed E-state index contributed by atoms with van der Waals surface area (Å²) in [5.41, 5.74) is 3.51. The summed E-state index contributed by atoms with van der Waals surface area (Å²) in [6.45, 7) is 4.11. The number of H-pyrrole nitrogens is 1. The molecule has 0 spiro atoms. The normalized spacial score (nSPS) is 10.9. The highest BCUT2D eigenvalue weighted by Gasteiger charge is 2.04. The van der Waals surface area contributed by atoms with Crippen LogP contribution in [0.4, 0.5) is 0 Å². The number of halogens is 1. The van der Waals surface area contributed by atoms with Crippen LogP contribution < -0.4 is 0 Å². The fourth-order valence-corrected chi connectivity index (χ4v) is 1.61. The van der Waals surface area contributed by atoms with Gasteiger partial charge in [0.2, 0.25) is 0 Å². The lowest BCUT2D eigenvalue weighted by molar-refractivity contribution is 1.42. The van der Waals surface area contributed by atoms with Gasteiger partial charge in [-0.25, -0.2) is 0 Å². The van der Waals surface area contributed by atoms with E-state index in [9.17, 15) is 0 Å². The lowest BCUT2D eigenvalue weighted by Crippen LogP contribution is -1.72. The lowest BCUT2D eigenvalue weighted by atomic mass is 10.1. The maximum Gasteiger partial charge on any atom is 0.110 e. The van der Waals surface area contributed by atoms with Gasteiger partial charge in [-0.05, 0) is 31.5 Å².